The first-order chi connectivity index (χ1) is 16.1. The van der Waals surface area contributed by atoms with Crippen LogP contribution in [-0.2, 0) is 30.4 Å². The van der Waals surface area contributed by atoms with Crippen LogP contribution in [0.3, 0.4) is 0 Å². The Kier molecular flexibility index (Phi) is 9.95. The van der Waals surface area contributed by atoms with Gasteiger partial charge in [-0.05, 0) is 31.9 Å². The molecule has 12 nitrogen and oxygen atoms in total. The summed E-state index contributed by atoms with van der Waals surface area (Å²) in [5, 5.41) is 29.6. The predicted molar refractivity (Wildman–Crippen MR) is 120 cm³/mol. The van der Waals surface area contributed by atoms with Crippen molar-refractivity contribution in [2.24, 2.45) is 5.73 Å². The number of hydrogen-bond acceptors (Lipinski definition) is 7. The molecule has 1 aliphatic rings. The average molecular weight is 478 g/mol. The number of carbonyl (C=O) groups is 5. The van der Waals surface area contributed by atoms with Gasteiger partial charge in [0.2, 0.25) is 23.6 Å². The van der Waals surface area contributed by atoms with Crippen LogP contribution in [0.2, 0.25) is 0 Å². The van der Waals surface area contributed by atoms with Gasteiger partial charge in [-0.2, -0.15) is 0 Å². The second-order valence-corrected chi connectivity index (χ2v) is 8.20. The largest absolute Gasteiger partial charge is 0.480 e. The summed E-state index contributed by atoms with van der Waals surface area (Å²) in [7, 11) is 0. The fourth-order valence-corrected chi connectivity index (χ4v) is 3.56. The second kappa shape index (κ2) is 12.7. The van der Waals surface area contributed by atoms with Gasteiger partial charge in [0.1, 0.15) is 18.1 Å². The highest BCUT2D eigenvalue weighted by atomic mass is 16.4. The van der Waals surface area contributed by atoms with Crippen LogP contribution in [0.15, 0.2) is 30.3 Å². The molecule has 8 N–H and O–H groups in total. The summed E-state index contributed by atoms with van der Waals surface area (Å²) in [6, 6.07) is 3.87. The van der Waals surface area contributed by atoms with Gasteiger partial charge in [0.05, 0.1) is 18.6 Å². The van der Waals surface area contributed by atoms with Crippen LogP contribution >= 0.6 is 0 Å². The van der Waals surface area contributed by atoms with E-state index in [1.807, 2.05) is 0 Å². The quantitative estimate of drug-likeness (QED) is 0.175. The zero-order valence-electron chi connectivity index (χ0n) is 18.8. The highest BCUT2D eigenvalue weighted by molar-refractivity contribution is 5.96. The zero-order valence-corrected chi connectivity index (χ0v) is 18.8. The molecule has 0 bridgehead atoms. The van der Waals surface area contributed by atoms with Crippen molar-refractivity contribution >= 4 is 29.6 Å². The Balaban J connectivity index is 2.08. The van der Waals surface area contributed by atoms with E-state index in [0.717, 1.165) is 6.42 Å². The molecule has 1 heterocycles. The van der Waals surface area contributed by atoms with E-state index in [9.17, 15) is 34.2 Å². The molecular formula is C22H31N5O7. The molecule has 186 valence electrons. The van der Waals surface area contributed by atoms with Gasteiger partial charge in [0.25, 0.3) is 0 Å². The third kappa shape index (κ3) is 8.12. The molecule has 0 aliphatic carbocycles. The first kappa shape index (κ1) is 26.7. The van der Waals surface area contributed by atoms with Crippen LogP contribution in [0, 0.1) is 0 Å². The Morgan fingerprint density at radius 1 is 1.06 bits per heavy atom. The van der Waals surface area contributed by atoms with Crippen LogP contribution in [0.25, 0.3) is 0 Å². The SMILES string of the molecule is CC(O)C(NC(=O)C(CC(N)=O)NC(=O)C1CCCN1)C(=O)NC(Cc1ccccc1)C(=O)O. The van der Waals surface area contributed by atoms with Gasteiger partial charge >= 0.3 is 5.97 Å². The third-order valence-electron chi connectivity index (χ3n) is 5.37. The number of aliphatic hydroxyl groups is 1. The van der Waals surface area contributed by atoms with Crippen molar-refractivity contribution in [1.82, 2.24) is 21.3 Å². The van der Waals surface area contributed by atoms with Crippen molar-refractivity contribution in [1.29, 1.82) is 0 Å². The molecule has 1 saturated heterocycles. The Morgan fingerprint density at radius 2 is 1.74 bits per heavy atom. The Labute approximate surface area is 196 Å². The third-order valence-corrected chi connectivity index (χ3v) is 5.37. The number of benzene rings is 1. The van der Waals surface area contributed by atoms with E-state index < -0.39 is 66.3 Å². The maximum Gasteiger partial charge on any atom is 0.326 e. The lowest BCUT2D eigenvalue weighted by Crippen LogP contribution is -2.60. The first-order valence-corrected chi connectivity index (χ1v) is 11.0. The topological polar surface area (TPSA) is 200 Å². The molecule has 0 radical (unpaired) electrons. The smallest absolute Gasteiger partial charge is 0.326 e. The normalized spacial score (nSPS) is 18.7. The number of rotatable bonds is 12. The van der Waals surface area contributed by atoms with Crippen molar-refractivity contribution in [3.63, 3.8) is 0 Å². The summed E-state index contributed by atoms with van der Waals surface area (Å²) in [4.78, 5) is 61.1. The molecule has 34 heavy (non-hydrogen) atoms. The highest BCUT2D eigenvalue weighted by Crippen LogP contribution is 2.07. The van der Waals surface area contributed by atoms with Gasteiger partial charge in [-0.15, -0.1) is 0 Å². The minimum atomic E-state index is -1.54. The van der Waals surface area contributed by atoms with Crippen molar-refractivity contribution in [2.45, 2.75) is 62.9 Å². The number of aliphatic carboxylic acids is 1. The highest BCUT2D eigenvalue weighted by Gasteiger charge is 2.34. The number of nitrogens with one attached hydrogen (secondary N) is 4. The lowest BCUT2D eigenvalue weighted by Gasteiger charge is -2.26. The van der Waals surface area contributed by atoms with Crippen molar-refractivity contribution in [3.05, 3.63) is 35.9 Å². The summed E-state index contributed by atoms with van der Waals surface area (Å²) in [5.41, 5.74) is 5.87. The molecule has 1 aromatic carbocycles. The van der Waals surface area contributed by atoms with Crippen LogP contribution in [0.5, 0.6) is 0 Å². The lowest BCUT2D eigenvalue weighted by atomic mass is 10.0. The van der Waals surface area contributed by atoms with Crippen molar-refractivity contribution in [3.8, 4) is 0 Å². The second-order valence-electron chi connectivity index (χ2n) is 8.20. The fraction of sp³-hybridized carbons (Fsp3) is 0.500. The maximum absolute atomic E-state index is 12.8. The van der Waals surface area contributed by atoms with Gasteiger partial charge in [0, 0.05) is 6.42 Å². The van der Waals surface area contributed by atoms with E-state index in [1.165, 1.54) is 6.92 Å². The molecule has 1 fully saturated rings. The van der Waals surface area contributed by atoms with Crippen molar-refractivity contribution < 1.29 is 34.2 Å². The number of nitrogens with two attached hydrogens (primary N) is 1. The monoisotopic (exact) mass is 477 g/mol. The fourth-order valence-electron chi connectivity index (χ4n) is 3.56. The van der Waals surface area contributed by atoms with Crippen LogP contribution in [0.4, 0.5) is 0 Å². The summed E-state index contributed by atoms with van der Waals surface area (Å²) in [6.07, 6.45) is -0.603. The Morgan fingerprint density at radius 3 is 2.26 bits per heavy atom. The van der Waals surface area contributed by atoms with Crippen LogP contribution < -0.4 is 27.0 Å². The molecule has 5 unspecified atom stereocenters. The Bertz CT molecular complexity index is 887. The molecule has 0 spiro atoms. The first-order valence-electron chi connectivity index (χ1n) is 11.0. The van der Waals surface area contributed by atoms with E-state index >= 15 is 0 Å². The summed E-state index contributed by atoms with van der Waals surface area (Å²) < 4.78 is 0. The molecule has 2 rings (SSSR count). The van der Waals surface area contributed by atoms with Gasteiger partial charge in [-0.25, -0.2) is 4.79 Å². The minimum absolute atomic E-state index is 0.0167. The van der Waals surface area contributed by atoms with E-state index in [1.54, 1.807) is 30.3 Å². The van der Waals surface area contributed by atoms with E-state index in [4.69, 9.17) is 5.73 Å². The summed E-state index contributed by atoms with van der Waals surface area (Å²) in [6.45, 7) is 1.88. The Hall–Kier alpha value is -3.51. The number of amides is 4. The molecule has 0 saturated carbocycles. The molecule has 1 aromatic rings. The minimum Gasteiger partial charge on any atom is -0.480 e. The lowest BCUT2D eigenvalue weighted by molar-refractivity contribution is -0.143. The van der Waals surface area contributed by atoms with Crippen molar-refractivity contribution in [2.75, 3.05) is 6.54 Å². The maximum atomic E-state index is 12.8. The van der Waals surface area contributed by atoms with Gasteiger partial charge in [0.15, 0.2) is 0 Å². The number of hydrogen-bond donors (Lipinski definition) is 7. The number of primary amides is 1. The molecule has 4 amide bonds. The number of aliphatic hydroxyl groups excluding tert-OH is 1. The van der Waals surface area contributed by atoms with Gasteiger partial charge in [-0.1, -0.05) is 30.3 Å². The molecule has 5 atom stereocenters. The summed E-state index contributed by atoms with van der Waals surface area (Å²) >= 11 is 0. The number of carbonyl (C=O) groups excluding carboxylic acids is 4. The van der Waals surface area contributed by atoms with Crippen LogP contribution in [0.1, 0.15) is 31.7 Å². The predicted octanol–water partition coefficient (Wildman–Crippen LogP) is -2.22. The van der Waals surface area contributed by atoms with E-state index in [2.05, 4.69) is 21.3 Å². The van der Waals surface area contributed by atoms with Crippen LogP contribution in [-0.4, -0.2) is 76.6 Å². The van der Waals surface area contributed by atoms with Gasteiger partial charge < -0.3 is 37.2 Å². The average Bonchev–Trinajstić information content (AvgIpc) is 3.31. The number of carboxylic acids is 1. The molecule has 0 aromatic heterocycles. The number of carboxylic acid groups (broad SMARTS) is 1. The van der Waals surface area contributed by atoms with E-state index in [-0.39, 0.29) is 6.42 Å². The molecule has 12 heteroatoms. The zero-order chi connectivity index (χ0) is 25.3. The van der Waals surface area contributed by atoms with Gasteiger partial charge in [-0.3, -0.25) is 19.2 Å². The van der Waals surface area contributed by atoms with E-state index in [0.29, 0.717) is 18.5 Å². The molecular weight excluding hydrogens is 446 g/mol. The summed E-state index contributed by atoms with van der Waals surface area (Å²) in [5.74, 6) is -4.50. The molecule has 1 aliphatic heterocycles. The standard InChI is InChI=1S/C22H31N5O7/c1-12(28)18(21(32)26-16(22(33)34)10-13-6-3-2-4-7-13)27-20(31)15(11-17(23)29)25-19(30)14-8-5-9-24-14/h2-4,6-7,12,14-16,18,24,28H,5,8-11H2,1H3,(H2,23,29)(H,25,30)(H,26,32)(H,27,31)(H,33,34).